The second-order valence-electron chi connectivity index (χ2n) is 9.18. The van der Waals surface area contributed by atoms with Gasteiger partial charge in [-0.25, -0.2) is 9.18 Å². The molecule has 2 heterocycles. The zero-order valence-electron chi connectivity index (χ0n) is 18.6. The molecule has 1 saturated heterocycles. The van der Waals surface area contributed by atoms with Crippen molar-refractivity contribution in [1.29, 1.82) is 5.26 Å². The maximum absolute atomic E-state index is 14.6. The van der Waals surface area contributed by atoms with Gasteiger partial charge in [-0.15, -0.1) is 0 Å². The number of fused-ring (bicyclic) bond motifs is 1. The molecule has 2 aromatic rings. The highest BCUT2D eigenvalue weighted by molar-refractivity contribution is 5.68. The van der Waals surface area contributed by atoms with Crippen molar-refractivity contribution in [3.63, 3.8) is 0 Å². The van der Waals surface area contributed by atoms with Crippen molar-refractivity contribution in [3.05, 3.63) is 58.9 Å². The molecule has 0 radical (unpaired) electrons. The van der Waals surface area contributed by atoms with Crippen LogP contribution in [0.5, 0.6) is 11.5 Å². The predicted octanol–water partition coefficient (Wildman–Crippen LogP) is 5.32. The third-order valence-corrected chi connectivity index (χ3v) is 5.72. The Morgan fingerprint density at radius 2 is 1.94 bits per heavy atom. The summed E-state index contributed by atoms with van der Waals surface area (Å²) in [6.45, 7) is 6.96. The summed E-state index contributed by atoms with van der Waals surface area (Å²) in [6, 6.07) is 12.1. The molecule has 1 amide bonds. The number of amides is 1. The Labute approximate surface area is 187 Å². The Hall–Kier alpha value is -3.27. The van der Waals surface area contributed by atoms with Gasteiger partial charge in [-0.2, -0.15) is 5.26 Å². The van der Waals surface area contributed by atoms with E-state index in [1.54, 1.807) is 17.0 Å². The summed E-state index contributed by atoms with van der Waals surface area (Å²) < 4.78 is 32.2. The van der Waals surface area contributed by atoms with Crippen LogP contribution in [0, 0.1) is 17.1 Å². The van der Waals surface area contributed by atoms with E-state index in [1.165, 1.54) is 6.07 Å². The van der Waals surface area contributed by atoms with Gasteiger partial charge in [0.2, 0.25) is 0 Å². The molecule has 7 heteroatoms. The third kappa shape index (κ3) is 4.64. The lowest BCUT2D eigenvalue weighted by Gasteiger charge is -2.35. The highest BCUT2D eigenvalue weighted by atomic mass is 19.1. The van der Waals surface area contributed by atoms with Crippen LogP contribution in [0.15, 0.2) is 36.4 Å². The van der Waals surface area contributed by atoms with Gasteiger partial charge in [-0.1, -0.05) is 18.2 Å². The van der Waals surface area contributed by atoms with Crippen LogP contribution in [0.25, 0.3) is 0 Å². The van der Waals surface area contributed by atoms with Crippen molar-refractivity contribution in [2.45, 2.75) is 51.2 Å². The average molecular weight is 438 g/mol. The first-order chi connectivity index (χ1) is 15.2. The van der Waals surface area contributed by atoms with Crippen LogP contribution in [-0.2, 0) is 4.74 Å². The van der Waals surface area contributed by atoms with Crippen LogP contribution in [0.3, 0.4) is 0 Å². The van der Waals surface area contributed by atoms with Crippen LogP contribution < -0.4 is 9.47 Å². The number of likely N-dealkylation sites (tertiary alicyclic amines) is 1. The number of carbonyl (C=O) groups is 1. The van der Waals surface area contributed by atoms with Crippen LogP contribution in [0.2, 0.25) is 0 Å². The molecule has 1 fully saturated rings. The van der Waals surface area contributed by atoms with Gasteiger partial charge in [0.1, 0.15) is 18.0 Å². The van der Waals surface area contributed by atoms with Gasteiger partial charge in [0.15, 0.2) is 17.6 Å². The van der Waals surface area contributed by atoms with Gasteiger partial charge in [-0.3, -0.25) is 0 Å². The van der Waals surface area contributed by atoms with E-state index in [1.807, 2.05) is 45.0 Å². The van der Waals surface area contributed by atoms with Gasteiger partial charge in [0, 0.05) is 24.2 Å². The molecular weight excluding hydrogens is 411 g/mol. The summed E-state index contributed by atoms with van der Waals surface area (Å²) in [5, 5.41) is 8.98. The molecule has 0 bridgehead atoms. The van der Waals surface area contributed by atoms with Gasteiger partial charge >= 0.3 is 6.09 Å². The van der Waals surface area contributed by atoms with Gasteiger partial charge < -0.3 is 19.1 Å². The van der Waals surface area contributed by atoms with Crippen molar-refractivity contribution < 1.29 is 23.4 Å². The summed E-state index contributed by atoms with van der Waals surface area (Å²) in [5.74, 6) is 0.978. The maximum Gasteiger partial charge on any atom is 0.410 e. The molecule has 0 spiro atoms. The van der Waals surface area contributed by atoms with E-state index in [2.05, 4.69) is 0 Å². The van der Waals surface area contributed by atoms with Gasteiger partial charge in [0.25, 0.3) is 0 Å². The van der Waals surface area contributed by atoms with Crippen molar-refractivity contribution in [2.75, 3.05) is 19.7 Å². The Balaban J connectivity index is 1.50. The molecule has 4 rings (SSSR count). The minimum Gasteiger partial charge on any atom is -0.485 e. The standard InChI is InChI=1S/C25H27FN2O4/c1-25(2,3)32-24(29)28-11-9-17(10-12-28)18-5-4-6-21-23(18)31-22(15-30-21)19-8-7-16(14-27)13-20(19)26/h4-8,13,17,22H,9-12,15H2,1-3H3. The zero-order chi connectivity index (χ0) is 22.9. The Morgan fingerprint density at radius 1 is 1.19 bits per heavy atom. The van der Waals surface area contributed by atoms with E-state index < -0.39 is 17.5 Å². The number of carbonyl (C=O) groups excluding carboxylic acids is 1. The number of rotatable bonds is 2. The number of ether oxygens (including phenoxy) is 3. The Morgan fingerprint density at radius 3 is 2.59 bits per heavy atom. The normalized spacial score (nSPS) is 18.7. The quantitative estimate of drug-likeness (QED) is 0.634. The smallest absolute Gasteiger partial charge is 0.410 e. The minimum atomic E-state index is -0.599. The summed E-state index contributed by atoms with van der Waals surface area (Å²) in [6.07, 6.45) is 0.657. The molecule has 0 N–H and O–H groups in total. The molecule has 0 aromatic heterocycles. The molecular formula is C25H27FN2O4. The number of nitriles is 1. The van der Waals surface area contributed by atoms with Crippen LogP contribution in [-0.4, -0.2) is 36.3 Å². The molecule has 1 atom stereocenters. The van der Waals surface area contributed by atoms with Gasteiger partial charge in [0.05, 0.1) is 11.6 Å². The fourth-order valence-corrected chi connectivity index (χ4v) is 4.15. The first-order valence-corrected chi connectivity index (χ1v) is 10.8. The SMILES string of the molecule is CC(C)(C)OC(=O)N1CCC(c2cccc3c2OC(c2ccc(C#N)cc2F)CO3)CC1. The molecule has 0 saturated carbocycles. The molecule has 6 nitrogen and oxygen atoms in total. The first-order valence-electron chi connectivity index (χ1n) is 10.8. The summed E-state index contributed by atoms with van der Waals surface area (Å²) in [5.41, 5.74) is 1.11. The second kappa shape index (κ2) is 8.70. The maximum atomic E-state index is 14.6. The van der Waals surface area contributed by atoms with Crippen LogP contribution >= 0.6 is 0 Å². The Bertz CT molecular complexity index is 1050. The van der Waals surface area contributed by atoms with Gasteiger partial charge in [-0.05, 0) is 57.7 Å². The lowest BCUT2D eigenvalue weighted by Crippen LogP contribution is -2.41. The summed E-state index contributed by atoms with van der Waals surface area (Å²) in [4.78, 5) is 14.1. The number of piperidine rings is 1. The van der Waals surface area contributed by atoms with Crippen LogP contribution in [0.4, 0.5) is 9.18 Å². The predicted molar refractivity (Wildman–Crippen MR) is 116 cm³/mol. The van der Waals surface area contributed by atoms with E-state index in [0.717, 1.165) is 18.4 Å². The topological polar surface area (TPSA) is 71.8 Å². The molecule has 2 aliphatic rings. The average Bonchev–Trinajstić information content (AvgIpc) is 2.77. The van der Waals surface area contributed by atoms with Crippen molar-refractivity contribution >= 4 is 6.09 Å². The number of nitrogens with zero attached hydrogens (tertiary/aromatic N) is 2. The van der Waals surface area contributed by atoms with E-state index >= 15 is 0 Å². The van der Waals surface area contributed by atoms with Crippen molar-refractivity contribution in [1.82, 2.24) is 4.90 Å². The van der Waals surface area contributed by atoms with E-state index in [4.69, 9.17) is 19.5 Å². The lowest BCUT2D eigenvalue weighted by atomic mass is 9.88. The second-order valence-corrected chi connectivity index (χ2v) is 9.18. The third-order valence-electron chi connectivity index (χ3n) is 5.72. The summed E-state index contributed by atoms with van der Waals surface area (Å²) >= 11 is 0. The largest absolute Gasteiger partial charge is 0.485 e. The monoisotopic (exact) mass is 438 g/mol. The number of halogens is 1. The highest BCUT2D eigenvalue weighted by Gasteiger charge is 2.32. The van der Waals surface area contributed by atoms with Crippen molar-refractivity contribution in [3.8, 4) is 17.6 Å². The zero-order valence-corrected chi connectivity index (χ0v) is 18.6. The summed E-state index contributed by atoms with van der Waals surface area (Å²) in [7, 11) is 0. The van der Waals surface area contributed by atoms with Crippen molar-refractivity contribution in [2.24, 2.45) is 0 Å². The molecule has 2 aliphatic heterocycles. The first kappa shape index (κ1) is 21.9. The molecule has 1 unspecified atom stereocenters. The number of benzene rings is 2. The highest BCUT2D eigenvalue weighted by Crippen LogP contribution is 2.44. The van der Waals surface area contributed by atoms with Crippen LogP contribution in [0.1, 0.15) is 62.3 Å². The lowest BCUT2D eigenvalue weighted by molar-refractivity contribution is 0.0203. The number of para-hydroxylation sites is 1. The molecule has 168 valence electrons. The van der Waals surface area contributed by atoms with E-state index in [0.29, 0.717) is 30.2 Å². The fourth-order valence-electron chi connectivity index (χ4n) is 4.15. The Kier molecular flexibility index (Phi) is 5.96. The van der Waals surface area contributed by atoms with E-state index in [-0.39, 0.29) is 24.2 Å². The molecule has 2 aromatic carbocycles. The fraction of sp³-hybridized carbons (Fsp3) is 0.440. The minimum absolute atomic E-state index is 0.191. The number of hydrogen-bond acceptors (Lipinski definition) is 5. The molecule has 0 aliphatic carbocycles. The number of hydrogen-bond donors (Lipinski definition) is 0. The molecule has 32 heavy (non-hydrogen) atoms. The van der Waals surface area contributed by atoms with E-state index in [9.17, 15) is 9.18 Å².